The minimum Gasteiger partial charge on any atom is -0.476 e. The van der Waals surface area contributed by atoms with Crippen molar-refractivity contribution < 1.29 is 19.5 Å². The van der Waals surface area contributed by atoms with Crippen molar-refractivity contribution in [2.24, 2.45) is 0 Å². The van der Waals surface area contributed by atoms with Gasteiger partial charge in [-0.3, -0.25) is 9.59 Å². The Morgan fingerprint density at radius 3 is 2.30 bits per heavy atom. The molecule has 1 rings (SSSR count). The molecule has 20 heavy (non-hydrogen) atoms. The lowest BCUT2D eigenvalue weighted by Gasteiger charge is -2.20. The third-order valence-corrected chi connectivity index (χ3v) is 3.18. The molecule has 0 saturated heterocycles. The summed E-state index contributed by atoms with van der Waals surface area (Å²) in [4.78, 5) is 37.7. The number of carboxylic acid groups (broad SMARTS) is 1. The van der Waals surface area contributed by atoms with Crippen LogP contribution in [0.5, 0.6) is 0 Å². The Balaban J connectivity index is 2.75. The van der Waals surface area contributed by atoms with E-state index < -0.39 is 5.97 Å². The number of nitrogens with zero attached hydrogens (tertiary/aromatic N) is 1. The van der Waals surface area contributed by atoms with Gasteiger partial charge in [0, 0.05) is 12.5 Å². The van der Waals surface area contributed by atoms with Crippen LogP contribution in [0, 0.1) is 0 Å². The Morgan fingerprint density at radius 1 is 1.30 bits per heavy atom. The van der Waals surface area contributed by atoms with Gasteiger partial charge in [-0.1, -0.05) is 11.3 Å². The molecule has 0 radical (unpaired) electrons. The standard InChI is InChI=1S/C12H17N3O4S/c1-6(16)9-8(10(18)19)14-11(20-9)13-5-7(17)15-12(2,3)4/h5H2,1-4H3,(H,13,14)(H,15,17)(H,18,19). The Labute approximate surface area is 120 Å². The highest BCUT2D eigenvalue weighted by atomic mass is 32.1. The Kier molecular flexibility index (Phi) is 4.83. The number of aromatic carboxylic acids is 1. The van der Waals surface area contributed by atoms with E-state index in [0.717, 1.165) is 11.3 Å². The number of amides is 1. The number of nitrogens with one attached hydrogen (secondary N) is 2. The Bertz CT molecular complexity index is 514. The molecule has 110 valence electrons. The van der Waals surface area contributed by atoms with Gasteiger partial charge in [-0.15, -0.1) is 0 Å². The second kappa shape index (κ2) is 6.00. The molecule has 7 nitrogen and oxygen atoms in total. The topological polar surface area (TPSA) is 108 Å². The molecule has 0 aromatic carbocycles. The molecule has 8 heteroatoms. The third kappa shape index (κ3) is 4.61. The van der Waals surface area contributed by atoms with Gasteiger partial charge in [0.1, 0.15) is 4.88 Å². The zero-order chi connectivity index (χ0) is 15.5. The fraction of sp³-hybridized carbons (Fsp3) is 0.500. The maximum Gasteiger partial charge on any atom is 0.356 e. The van der Waals surface area contributed by atoms with Crippen molar-refractivity contribution in [1.82, 2.24) is 10.3 Å². The van der Waals surface area contributed by atoms with Crippen molar-refractivity contribution >= 4 is 34.1 Å². The van der Waals surface area contributed by atoms with E-state index in [1.165, 1.54) is 6.92 Å². The van der Waals surface area contributed by atoms with E-state index >= 15 is 0 Å². The zero-order valence-corrected chi connectivity index (χ0v) is 12.6. The van der Waals surface area contributed by atoms with E-state index in [1.807, 2.05) is 20.8 Å². The van der Waals surface area contributed by atoms with Crippen molar-refractivity contribution in [3.8, 4) is 0 Å². The molecule has 1 amide bonds. The summed E-state index contributed by atoms with van der Waals surface area (Å²) in [5.74, 6) is -1.88. The van der Waals surface area contributed by atoms with Crippen LogP contribution < -0.4 is 10.6 Å². The van der Waals surface area contributed by atoms with E-state index in [1.54, 1.807) is 0 Å². The van der Waals surface area contributed by atoms with Gasteiger partial charge < -0.3 is 15.7 Å². The Morgan fingerprint density at radius 2 is 1.90 bits per heavy atom. The molecule has 1 heterocycles. The maximum atomic E-state index is 11.6. The summed E-state index contributed by atoms with van der Waals surface area (Å²) in [6.45, 7) is 6.79. The smallest absolute Gasteiger partial charge is 0.356 e. The molecule has 0 saturated carbocycles. The van der Waals surface area contributed by atoms with Crippen LogP contribution in [-0.2, 0) is 4.79 Å². The molecule has 3 N–H and O–H groups in total. The van der Waals surface area contributed by atoms with Crippen LogP contribution in [0.1, 0.15) is 47.9 Å². The molecule has 0 bridgehead atoms. The minimum absolute atomic E-state index is 0.0405. The van der Waals surface area contributed by atoms with Crippen molar-refractivity contribution in [2.45, 2.75) is 33.2 Å². The van der Waals surface area contributed by atoms with Crippen LogP contribution in [-0.4, -0.2) is 39.8 Å². The molecule has 1 aromatic heterocycles. The fourth-order valence-electron chi connectivity index (χ4n) is 1.40. The average Bonchev–Trinajstić information content (AvgIpc) is 2.68. The van der Waals surface area contributed by atoms with E-state index in [0.29, 0.717) is 0 Å². The number of ketones is 1. The Hall–Kier alpha value is -1.96. The number of aromatic nitrogens is 1. The zero-order valence-electron chi connectivity index (χ0n) is 11.7. The average molecular weight is 299 g/mol. The number of carbonyl (C=O) groups is 3. The maximum absolute atomic E-state index is 11.6. The van der Waals surface area contributed by atoms with Crippen LogP contribution in [0.15, 0.2) is 0 Å². The van der Waals surface area contributed by atoms with Gasteiger partial charge >= 0.3 is 5.97 Å². The quantitative estimate of drug-likeness (QED) is 0.709. The molecule has 0 aliphatic rings. The summed E-state index contributed by atoms with van der Waals surface area (Å²) >= 11 is 0.923. The second-order valence-electron chi connectivity index (χ2n) is 5.21. The van der Waals surface area contributed by atoms with Crippen molar-refractivity contribution in [3.63, 3.8) is 0 Å². The summed E-state index contributed by atoms with van der Waals surface area (Å²) in [5, 5.41) is 14.6. The van der Waals surface area contributed by atoms with Crippen LogP contribution in [0.3, 0.4) is 0 Å². The molecule has 0 spiro atoms. The highest BCUT2D eigenvalue weighted by Gasteiger charge is 2.21. The number of rotatable bonds is 5. The first-order chi connectivity index (χ1) is 9.10. The number of thiazole rings is 1. The normalized spacial score (nSPS) is 11.0. The van der Waals surface area contributed by atoms with Gasteiger partial charge in [0.05, 0.1) is 6.54 Å². The minimum atomic E-state index is -1.27. The number of carboxylic acids is 1. The van der Waals surface area contributed by atoms with Crippen LogP contribution in [0.2, 0.25) is 0 Å². The first kappa shape index (κ1) is 16.1. The monoisotopic (exact) mass is 299 g/mol. The largest absolute Gasteiger partial charge is 0.476 e. The SMILES string of the molecule is CC(=O)c1sc(NCC(=O)NC(C)(C)C)nc1C(=O)O. The van der Waals surface area contributed by atoms with Gasteiger partial charge in [0.25, 0.3) is 0 Å². The van der Waals surface area contributed by atoms with Gasteiger partial charge in [-0.25, -0.2) is 9.78 Å². The third-order valence-electron chi connectivity index (χ3n) is 2.06. The van der Waals surface area contributed by atoms with Crippen LogP contribution in [0.25, 0.3) is 0 Å². The van der Waals surface area contributed by atoms with Gasteiger partial charge in [0.2, 0.25) is 5.91 Å². The lowest BCUT2D eigenvalue weighted by molar-refractivity contribution is -0.120. The molecule has 0 unspecified atom stereocenters. The molecular weight excluding hydrogens is 282 g/mol. The molecule has 0 atom stereocenters. The van der Waals surface area contributed by atoms with Crippen molar-refractivity contribution in [2.75, 3.05) is 11.9 Å². The number of hydrogen-bond donors (Lipinski definition) is 3. The van der Waals surface area contributed by atoms with Gasteiger partial charge in [-0.05, 0) is 20.8 Å². The highest BCUT2D eigenvalue weighted by Crippen LogP contribution is 2.23. The molecule has 0 aliphatic heterocycles. The van der Waals surface area contributed by atoms with Crippen molar-refractivity contribution in [3.05, 3.63) is 10.6 Å². The molecule has 0 aliphatic carbocycles. The van der Waals surface area contributed by atoms with E-state index in [-0.39, 0.29) is 39.5 Å². The number of carbonyl (C=O) groups excluding carboxylic acids is 2. The number of anilines is 1. The summed E-state index contributed by atoms with van der Waals surface area (Å²) < 4.78 is 0. The first-order valence-electron chi connectivity index (χ1n) is 5.90. The number of Topliss-reactive ketones (excluding diaryl/α,β-unsaturated/α-hetero) is 1. The van der Waals surface area contributed by atoms with E-state index in [4.69, 9.17) is 5.11 Å². The predicted molar refractivity (Wildman–Crippen MR) is 75.5 cm³/mol. The molecule has 1 aromatic rings. The van der Waals surface area contributed by atoms with Crippen LogP contribution >= 0.6 is 11.3 Å². The summed E-state index contributed by atoms with van der Waals surface area (Å²) in [6.07, 6.45) is 0. The second-order valence-corrected chi connectivity index (χ2v) is 6.21. The molecule has 0 fully saturated rings. The van der Waals surface area contributed by atoms with Crippen molar-refractivity contribution in [1.29, 1.82) is 0 Å². The predicted octanol–water partition coefficient (Wildman–Crippen LogP) is 1.37. The highest BCUT2D eigenvalue weighted by molar-refractivity contribution is 7.17. The summed E-state index contributed by atoms with van der Waals surface area (Å²) in [6, 6.07) is 0. The number of hydrogen-bond acceptors (Lipinski definition) is 6. The lowest BCUT2D eigenvalue weighted by atomic mass is 10.1. The van der Waals surface area contributed by atoms with Crippen LogP contribution in [0.4, 0.5) is 5.13 Å². The lowest BCUT2D eigenvalue weighted by Crippen LogP contribution is -2.43. The summed E-state index contributed by atoms with van der Waals surface area (Å²) in [5.41, 5.74) is -0.639. The fourth-order valence-corrected chi connectivity index (χ4v) is 2.25. The van der Waals surface area contributed by atoms with E-state index in [2.05, 4.69) is 15.6 Å². The van der Waals surface area contributed by atoms with Gasteiger partial charge in [-0.2, -0.15) is 0 Å². The molecular formula is C12H17N3O4S. The van der Waals surface area contributed by atoms with E-state index in [9.17, 15) is 14.4 Å². The van der Waals surface area contributed by atoms with Gasteiger partial charge in [0.15, 0.2) is 16.6 Å². The first-order valence-corrected chi connectivity index (χ1v) is 6.72. The summed E-state index contributed by atoms with van der Waals surface area (Å²) in [7, 11) is 0.